The van der Waals surface area contributed by atoms with Crippen LogP contribution in [-0.4, -0.2) is 13.3 Å². The van der Waals surface area contributed by atoms with Crippen molar-refractivity contribution in [2.45, 2.75) is 24.2 Å². The van der Waals surface area contributed by atoms with Gasteiger partial charge < -0.3 is 0 Å². The van der Waals surface area contributed by atoms with E-state index in [1.807, 2.05) is 60.1 Å². The van der Waals surface area contributed by atoms with Crippen LogP contribution in [0.25, 0.3) is 55.4 Å². The Balaban J connectivity index is 1.65. The number of hydrogen-bond donors (Lipinski definition) is 0. The molecule has 0 saturated carbocycles. The fourth-order valence-electron chi connectivity index (χ4n) is 5.62. The van der Waals surface area contributed by atoms with Crippen molar-refractivity contribution in [2.75, 3.05) is 0 Å². The minimum absolute atomic E-state index is 0.146. The topological polar surface area (TPSA) is 40.8 Å². The van der Waals surface area contributed by atoms with Crippen LogP contribution in [0, 0.1) is 24.1 Å². The third-order valence-corrected chi connectivity index (χ3v) is 11.9. The monoisotopic (exact) mass is 587 g/mol. The van der Waals surface area contributed by atoms with Crippen LogP contribution < -0.4 is 8.96 Å². The Morgan fingerprint density at radius 3 is 2.12 bits per heavy atom. The average Bonchev–Trinajstić information content (AvgIpc) is 3.31. The van der Waals surface area contributed by atoms with Crippen molar-refractivity contribution in [3.8, 4) is 39.6 Å². The van der Waals surface area contributed by atoms with Crippen LogP contribution in [0.3, 0.4) is 0 Å². The molecular weight excluding hydrogens is 556 g/mol. The molecule has 0 aliphatic carbocycles. The summed E-state index contributed by atoms with van der Waals surface area (Å²) in [7, 11) is 1.88. The Morgan fingerprint density at radius 1 is 0.775 bits per heavy atom. The first-order valence-electron chi connectivity index (χ1n) is 13.4. The van der Waals surface area contributed by atoms with Crippen LogP contribution >= 0.6 is 0 Å². The molecule has 6 aromatic rings. The number of rotatable bonds is 4. The van der Waals surface area contributed by atoms with Gasteiger partial charge in [-0.1, -0.05) is 30.3 Å². The van der Waals surface area contributed by atoms with Crippen molar-refractivity contribution in [3.05, 3.63) is 108 Å². The Hall–Kier alpha value is -4.21. The van der Waals surface area contributed by atoms with Gasteiger partial charge in [0.25, 0.3) is 0 Å². The van der Waals surface area contributed by atoms with E-state index in [1.165, 1.54) is 0 Å². The molecular formula is C35H30FGeN2O+. The zero-order valence-corrected chi connectivity index (χ0v) is 25.4. The standard InChI is InChI=1S/C35H30FGeN2O/c1-22-14-16-27-28-17-15-26(20-38)33(25-13-9-12-24(18-25)23-10-7-6-8-11-23)35(28)40-34(27)32(22)31-19-30(37(2,3)4)29(36)21-39(31)5/h6-19,21H,1-5H3/q+1. The fourth-order valence-corrected chi connectivity index (χ4v) is 8.46. The summed E-state index contributed by atoms with van der Waals surface area (Å²) in [6.45, 7) is 2.06. The molecule has 0 aliphatic heterocycles. The van der Waals surface area contributed by atoms with Gasteiger partial charge in [-0.2, -0.15) is 0 Å². The van der Waals surface area contributed by atoms with E-state index in [4.69, 9.17) is 4.42 Å². The minimum atomic E-state index is -2.49. The Labute approximate surface area is 236 Å². The van der Waals surface area contributed by atoms with Crippen LogP contribution in [-0.2, 0) is 7.05 Å². The van der Waals surface area contributed by atoms with E-state index in [2.05, 4.69) is 66.7 Å². The summed E-state index contributed by atoms with van der Waals surface area (Å²) in [6, 6.07) is 30.9. The summed E-state index contributed by atoms with van der Waals surface area (Å²) < 4.78 is 24.5. The van der Waals surface area contributed by atoms with E-state index in [0.717, 1.165) is 59.8 Å². The zero-order chi connectivity index (χ0) is 28.2. The molecule has 0 N–H and O–H groups in total. The van der Waals surface area contributed by atoms with E-state index in [9.17, 15) is 5.26 Å². The third-order valence-electron chi connectivity index (χ3n) is 7.69. The molecule has 0 aliphatic rings. The molecule has 0 bridgehead atoms. The average molecular weight is 586 g/mol. The first kappa shape index (κ1) is 26.0. The maximum atomic E-state index is 15.1. The van der Waals surface area contributed by atoms with E-state index in [1.54, 1.807) is 6.20 Å². The molecule has 0 spiro atoms. The number of nitrogens with zero attached hydrogens (tertiary/aromatic N) is 2. The maximum absolute atomic E-state index is 15.1. The summed E-state index contributed by atoms with van der Waals surface area (Å²) in [5, 5.41) is 12.0. The van der Waals surface area contributed by atoms with E-state index < -0.39 is 13.3 Å². The second-order valence-electron chi connectivity index (χ2n) is 11.4. The number of aromatic nitrogens is 1. The van der Waals surface area contributed by atoms with Gasteiger partial charge in [-0.15, -0.1) is 0 Å². The van der Waals surface area contributed by atoms with Crippen molar-refractivity contribution in [1.82, 2.24) is 0 Å². The van der Waals surface area contributed by atoms with Crippen molar-refractivity contribution in [3.63, 3.8) is 0 Å². The van der Waals surface area contributed by atoms with Gasteiger partial charge in [0.15, 0.2) is 0 Å². The van der Waals surface area contributed by atoms with Crippen LogP contribution in [0.5, 0.6) is 0 Å². The molecule has 4 aromatic carbocycles. The number of furan rings is 1. The molecule has 2 heterocycles. The molecule has 0 atom stereocenters. The first-order valence-corrected chi connectivity index (χ1v) is 20.8. The number of fused-ring (bicyclic) bond motifs is 3. The number of nitriles is 1. The molecule has 0 saturated heterocycles. The number of hydrogen-bond acceptors (Lipinski definition) is 2. The van der Waals surface area contributed by atoms with Gasteiger partial charge in [0.05, 0.1) is 0 Å². The van der Waals surface area contributed by atoms with Crippen LogP contribution in [0.4, 0.5) is 4.39 Å². The Bertz CT molecular complexity index is 1980. The molecule has 40 heavy (non-hydrogen) atoms. The summed E-state index contributed by atoms with van der Waals surface area (Å²) in [5.41, 5.74) is 8.82. The van der Waals surface area contributed by atoms with Gasteiger partial charge in [-0.05, 0) is 0 Å². The van der Waals surface area contributed by atoms with Gasteiger partial charge in [-0.25, -0.2) is 0 Å². The quantitative estimate of drug-likeness (QED) is 0.154. The van der Waals surface area contributed by atoms with Gasteiger partial charge >= 0.3 is 207 Å². The molecule has 0 unspecified atom stereocenters. The normalized spacial score (nSPS) is 11.7. The Morgan fingerprint density at radius 2 is 1.43 bits per heavy atom. The van der Waals surface area contributed by atoms with E-state index in [0.29, 0.717) is 11.1 Å². The number of aryl methyl sites for hydroxylation is 2. The van der Waals surface area contributed by atoms with E-state index >= 15 is 4.39 Å². The summed E-state index contributed by atoms with van der Waals surface area (Å²) >= 11 is -2.49. The van der Waals surface area contributed by atoms with Gasteiger partial charge in [-0.3, -0.25) is 0 Å². The molecule has 5 heteroatoms. The van der Waals surface area contributed by atoms with Crippen molar-refractivity contribution < 1.29 is 13.4 Å². The molecule has 0 radical (unpaired) electrons. The van der Waals surface area contributed by atoms with Gasteiger partial charge in [0.2, 0.25) is 0 Å². The molecule has 2 aromatic heterocycles. The molecule has 0 fully saturated rings. The van der Waals surface area contributed by atoms with Crippen LogP contribution in [0.2, 0.25) is 17.3 Å². The number of benzene rings is 4. The summed E-state index contributed by atoms with van der Waals surface area (Å²) in [6.07, 6.45) is 1.59. The van der Waals surface area contributed by atoms with Crippen molar-refractivity contribution in [1.29, 1.82) is 5.26 Å². The number of halogens is 1. The van der Waals surface area contributed by atoms with Gasteiger partial charge in [0, 0.05) is 0 Å². The molecule has 196 valence electrons. The van der Waals surface area contributed by atoms with E-state index in [-0.39, 0.29) is 5.82 Å². The van der Waals surface area contributed by atoms with Crippen molar-refractivity contribution in [2.24, 2.45) is 7.05 Å². The second kappa shape index (κ2) is 9.76. The van der Waals surface area contributed by atoms with Gasteiger partial charge in [0.1, 0.15) is 0 Å². The van der Waals surface area contributed by atoms with Crippen LogP contribution in [0.15, 0.2) is 95.5 Å². The SMILES string of the molecule is Cc1ccc2c(oc3c(-c4cccc(-c5ccccc5)c4)c(C#N)ccc32)c1-c1c[c]([Ge]([CH3])([CH3])[CH3])c(F)c[n+]1C. The van der Waals surface area contributed by atoms with Crippen molar-refractivity contribution >= 4 is 39.6 Å². The summed E-state index contributed by atoms with van der Waals surface area (Å²) in [4.78, 5) is 0. The number of pyridine rings is 1. The fraction of sp³-hybridized carbons (Fsp3) is 0.143. The Kier molecular flexibility index (Phi) is 6.36. The third kappa shape index (κ3) is 4.31. The second-order valence-corrected chi connectivity index (χ2v) is 22.0. The molecule has 0 amide bonds. The predicted molar refractivity (Wildman–Crippen MR) is 164 cm³/mol. The van der Waals surface area contributed by atoms with Crippen LogP contribution in [0.1, 0.15) is 11.1 Å². The molecule has 6 rings (SSSR count). The predicted octanol–water partition coefficient (Wildman–Crippen LogP) is 8.28. The summed E-state index contributed by atoms with van der Waals surface area (Å²) in [5.74, 6) is 6.47. The molecule has 3 nitrogen and oxygen atoms in total. The first-order chi connectivity index (χ1) is 19.2. The zero-order valence-electron chi connectivity index (χ0n) is 23.3.